The second-order valence-electron chi connectivity index (χ2n) is 5.94. The summed E-state index contributed by atoms with van der Waals surface area (Å²) in [5, 5.41) is 12.5. The maximum Gasteiger partial charge on any atom is 0.291 e. The van der Waals surface area contributed by atoms with Crippen LogP contribution in [0.1, 0.15) is 22.0 Å². The molecule has 1 aliphatic heterocycles. The van der Waals surface area contributed by atoms with E-state index < -0.39 is 0 Å². The largest absolute Gasteiger partial charge is 0.361 e. The molecule has 3 aromatic rings. The minimum absolute atomic E-state index is 0.0605. The topological polar surface area (TPSA) is 75.9 Å². The number of anilines is 1. The standard InChI is InChI=1S/C16H18N6OS/c1-10-4-3-5-11-13(10)24-16(18-11)17-7-6-12-19-20-14-15(23)21(2)8-9-22(12)14/h3-5H,6-9H2,1-2H3,(H,17,18). The highest BCUT2D eigenvalue weighted by atomic mass is 32.1. The smallest absolute Gasteiger partial charge is 0.291 e. The van der Waals surface area contributed by atoms with Gasteiger partial charge in [-0.2, -0.15) is 0 Å². The SMILES string of the molecule is Cc1cccc2nc(NCCc3nnc4n3CCN(C)C4=O)sc12. The Morgan fingerprint density at radius 2 is 2.17 bits per heavy atom. The molecule has 3 heterocycles. The number of likely N-dealkylation sites (N-methyl/N-ethyl adjacent to an activating group) is 1. The van der Waals surface area contributed by atoms with Crippen molar-refractivity contribution in [3.8, 4) is 0 Å². The van der Waals surface area contributed by atoms with E-state index in [4.69, 9.17) is 0 Å². The first-order valence-electron chi connectivity index (χ1n) is 7.91. The zero-order chi connectivity index (χ0) is 16.7. The van der Waals surface area contributed by atoms with Crippen molar-refractivity contribution in [1.82, 2.24) is 24.6 Å². The Bertz CT molecular complexity index is 915. The fraction of sp³-hybridized carbons (Fsp3) is 0.375. The van der Waals surface area contributed by atoms with Gasteiger partial charge in [-0.25, -0.2) is 4.98 Å². The van der Waals surface area contributed by atoms with Crippen molar-refractivity contribution < 1.29 is 4.79 Å². The van der Waals surface area contributed by atoms with Gasteiger partial charge in [0.15, 0.2) is 5.13 Å². The number of amides is 1. The van der Waals surface area contributed by atoms with Crippen LogP contribution in [-0.4, -0.2) is 50.7 Å². The summed E-state index contributed by atoms with van der Waals surface area (Å²) in [6.07, 6.45) is 0.707. The Labute approximate surface area is 143 Å². The molecule has 24 heavy (non-hydrogen) atoms. The van der Waals surface area contributed by atoms with E-state index in [0.29, 0.717) is 25.3 Å². The van der Waals surface area contributed by atoms with E-state index in [1.165, 1.54) is 10.3 Å². The Balaban J connectivity index is 1.45. The van der Waals surface area contributed by atoms with E-state index >= 15 is 0 Å². The van der Waals surface area contributed by atoms with Crippen LogP contribution in [0.15, 0.2) is 18.2 Å². The van der Waals surface area contributed by atoms with Crippen molar-refractivity contribution in [3.63, 3.8) is 0 Å². The number of benzene rings is 1. The van der Waals surface area contributed by atoms with Gasteiger partial charge in [-0.3, -0.25) is 4.79 Å². The second kappa shape index (κ2) is 5.86. The van der Waals surface area contributed by atoms with Gasteiger partial charge in [0, 0.05) is 33.1 Å². The lowest BCUT2D eigenvalue weighted by Crippen LogP contribution is -2.38. The van der Waals surface area contributed by atoms with E-state index in [9.17, 15) is 4.79 Å². The molecule has 0 bridgehead atoms. The number of nitrogens with zero attached hydrogens (tertiary/aromatic N) is 5. The molecule has 2 aromatic heterocycles. The second-order valence-corrected chi connectivity index (χ2v) is 6.94. The van der Waals surface area contributed by atoms with Crippen molar-refractivity contribution >= 4 is 32.6 Å². The van der Waals surface area contributed by atoms with E-state index in [0.717, 1.165) is 23.0 Å². The number of aryl methyl sites for hydroxylation is 1. The van der Waals surface area contributed by atoms with Crippen LogP contribution in [0.4, 0.5) is 5.13 Å². The van der Waals surface area contributed by atoms with Crippen LogP contribution in [0.25, 0.3) is 10.2 Å². The van der Waals surface area contributed by atoms with Gasteiger partial charge in [0.05, 0.1) is 10.2 Å². The summed E-state index contributed by atoms with van der Waals surface area (Å²) in [5.41, 5.74) is 2.27. The third kappa shape index (κ3) is 2.52. The molecular formula is C16H18N6OS. The average Bonchev–Trinajstić information content (AvgIpc) is 3.16. The summed E-state index contributed by atoms with van der Waals surface area (Å²) >= 11 is 1.66. The molecule has 1 N–H and O–H groups in total. The van der Waals surface area contributed by atoms with E-state index in [1.54, 1.807) is 23.3 Å². The van der Waals surface area contributed by atoms with Gasteiger partial charge in [0.2, 0.25) is 5.82 Å². The molecule has 1 amide bonds. The van der Waals surface area contributed by atoms with Crippen LogP contribution in [-0.2, 0) is 13.0 Å². The predicted molar refractivity (Wildman–Crippen MR) is 93.5 cm³/mol. The van der Waals surface area contributed by atoms with Crippen LogP contribution in [0, 0.1) is 6.92 Å². The number of carbonyl (C=O) groups is 1. The quantitative estimate of drug-likeness (QED) is 0.784. The Morgan fingerprint density at radius 1 is 1.29 bits per heavy atom. The minimum atomic E-state index is -0.0605. The number of thiazole rings is 1. The van der Waals surface area contributed by atoms with Crippen molar-refractivity contribution in [2.45, 2.75) is 19.9 Å². The van der Waals surface area contributed by atoms with Crippen molar-refractivity contribution in [2.75, 3.05) is 25.5 Å². The highest BCUT2D eigenvalue weighted by Gasteiger charge is 2.26. The summed E-state index contributed by atoms with van der Waals surface area (Å²) in [6.45, 7) is 4.25. The molecule has 7 nitrogen and oxygen atoms in total. The van der Waals surface area contributed by atoms with Gasteiger partial charge in [0.25, 0.3) is 5.91 Å². The number of hydrogen-bond acceptors (Lipinski definition) is 6. The van der Waals surface area contributed by atoms with E-state index in [1.807, 2.05) is 16.7 Å². The summed E-state index contributed by atoms with van der Waals surface area (Å²) < 4.78 is 3.14. The molecule has 0 unspecified atom stereocenters. The first-order valence-corrected chi connectivity index (χ1v) is 8.72. The molecule has 1 aromatic carbocycles. The number of fused-ring (bicyclic) bond motifs is 2. The van der Waals surface area contributed by atoms with Crippen LogP contribution in [0.5, 0.6) is 0 Å². The Hall–Kier alpha value is -2.48. The molecular weight excluding hydrogens is 324 g/mol. The van der Waals surface area contributed by atoms with Crippen molar-refractivity contribution in [1.29, 1.82) is 0 Å². The first-order chi connectivity index (χ1) is 11.6. The Morgan fingerprint density at radius 3 is 3.00 bits per heavy atom. The maximum atomic E-state index is 12.0. The molecule has 0 spiro atoms. The normalized spacial score (nSPS) is 14.2. The molecule has 124 valence electrons. The third-order valence-corrected chi connectivity index (χ3v) is 5.43. The molecule has 4 rings (SSSR count). The lowest BCUT2D eigenvalue weighted by atomic mass is 10.2. The highest BCUT2D eigenvalue weighted by molar-refractivity contribution is 7.22. The summed E-state index contributed by atoms with van der Waals surface area (Å²) in [5.74, 6) is 1.22. The number of aromatic nitrogens is 4. The van der Waals surface area contributed by atoms with Crippen molar-refractivity contribution in [2.24, 2.45) is 0 Å². The highest BCUT2D eigenvalue weighted by Crippen LogP contribution is 2.28. The molecule has 0 aliphatic carbocycles. The van der Waals surface area contributed by atoms with E-state index in [-0.39, 0.29) is 5.91 Å². The van der Waals surface area contributed by atoms with Crippen LogP contribution in [0.3, 0.4) is 0 Å². The van der Waals surface area contributed by atoms with Gasteiger partial charge in [-0.15, -0.1) is 10.2 Å². The maximum absolute atomic E-state index is 12.0. The Kier molecular flexibility index (Phi) is 3.68. The summed E-state index contributed by atoms with van der Waals surface area (Å²) in [6, 6.07) is 6.15. The number of hydrogen-bond donors (Lipinski definition) is 1. The third-order valence-electron chi connectivity index (χ3n) is 4.26. The molecule has 8 heteroatoms. The van der Waals surface area contributed by atoms with Gasteiger partial charge in [-0.05, 0) is 18.6 Å². The molecule has 0 atom stereocenters. The van der Waals surface area contributed by atoms with Crippen molar-refractivity contribution in [3.05, 3.63) is 35.4 Å². The number of rotatable bonds is 4. The fourth-order valence-electron chi connectivity index (χ4n) is 2.88. The van der Waals surface area contributed by atoms with Gasteiger partial charge < -0.3 is 14.8 Å². The minimum Gasteiger partial charge on any atom is -0.361 e. The zero-order valence-corrected chi connectivity index (χ0v) is 14.4. The van der Waals surface area contributed by atoms with Gasteiger partial charge in [0.1, 0.15) is 5.82 Å². The first kappa shape index (κ1) is 15.1. The zero-order valence-electron chi connectivity index (χ0n) is 13.6. The molecule has 0 saturated carbocycles. The monoisotopic (exact) mass is 342 g/mol. The molecule has 0 radical (unpaired) electrons. The summed E-state index contributed by atoms with van der Waals surface area (Å²) in [7, 11) is 1.79. The summed E-state index contributed by atoms with van der Waals surface area (Å²) in [4.78, 5) is 18.3. The average molecular weight is 342 g/mol. The number of carbonyl (C=O) groups excluding carboxylic acids is 1. The fourth-order valence-corrected chi connectivity index (χ4v) is 3.84. The predicted octanol–water partition coefficient (Wildman–Crippen LogP) is 1.94. The molecule has 0 fully saturated rings. The van der Waals surface area contributed by atoms with Gasteiger partial charge >= 0.3 is 0 Å². The molecule has 0 saturated heterocycles. The van der Waals surface area contributed by atoms with Crippen LogP contribution < -0.4 is 5.32 Å². The molecule has 1 aliphatic rings. The number of nitrogens with one attached hydrogen (secondary N) is 1. The van der Waals surface area contributed by atoms with Gasteiger partial charge in [-0.1, -0.05) is 23.5 Å². The lowest BCUT2D eigenvalue weighted by molar-refractivity contribution is 0.0740. The lowest BCUT2D eigenvalue weighted by Gasteiger charge is -2.23. The van der Waals surface area contributed by atoms with Crippen LogP contribution in [0.2, 0.25) is 0 Å². The van der Waals surface area contributed by atoms with E-state index in [2.05, 4.69) is 33.5 Å². The van der Waals surface area contributed by atoms with Crippen LogP contribution >= 0.6 is 11.3 Å².